The number of pyridine rings is 1. The molecule has 0 fully saturated rings. The van der Waals surface area contributed by atoms with Gasteiger partial charge in [0.05, 0.1) is 11.9 Å². The second-order valence-corrected chi connectivity index (χ2v) is 5.41. The molecule has 0 aliphatic rings. The molecule has 0 radical (unpaired) electrons. The molecule has 0 atom stereocenters. The van der Waals surface area contributed by atoms with Crippen molar-refractivity contribution in [2.45, 2.75) is 13.5 Å². The maximum absolute atomic E-state index is 13.7. The SMILES string of the molecule is Cc1cc(N(C)Cc2cc(Br)ccc2F)ncc1N. The van der Waals surface area contributed by atoms with Crippen LogP contribution in [0.1, 0.15) is 11.1 Å². The van der Waals surface area contributed by atoms with E-state index in [0.29, 0.717) is 17.8 Å². The molecule has 0 unspecified atom stereocenters. The molecule has 5 heteroatoms. The molecular formula is C14H15BrFN3. The van der Waals surface area contributed by atoms with Crippen LogP contribution in [0, 0.1) is 12.7 Å². The first kappa shape index (κ1) is 13.8. The fourth-order valence-electron chi connectivity index (χ4n) is 1.76. The van der Waals surface area contributed by atoms with Crippen LogP contribution in [0.25, 0.3) is 0 Å². The molecule has 2 aromatic rings. The van der Waals surface area contributed by atoms with Crippen molar-refractivity contribution in [3.8, 4) is 0 Å². The van der Waals surface area contributed by atoms with Crippen LogP contribution in [0.3, 0.4) is 0 Å². The van der Waals surface area contributed by atoms with Gasteiger partial charge in [-0.05, 0) is 36.8 Å². The second kappa shape index (κ2) is 5.57. The molecule has 0 aliphatic heterocycles. The maximum Gasteiger partial charge on any atom is 0.128 e. The molecule has 1 aromatic carbocycles. The summed E-state index contributed by atoms with van der Waals surface area (Å²) in [5, 5.41) is 0. The minimum atomic E-state index is -0.220. The van der Waals surface area contributed by atoms with E-state index in [1.807, 2.05) is 24.9 Å². The predicted molar refractivity (Wildman–Crippen MR) is 79.6 cm³/mol. The Hall–Kier alpha value is -1.62. The summed E-state index contributed by atoms with van der Waals surface area (Å²) in [7, 11) is 1.87. The third kappa shape index (κ3) is 3.23. The standard InChI is InChI=1S/C14H15BrFN3/c1-9-5-14(18-7-13(9)17)19(2)8-10-6-11(15)3-4-12(10)16/h3-7H,8,17H2,1-2H3. The highest BCUT2D eigenvalue weighted by atomic mass is 79.9. The Kier molecular flexibility index (Phi) is 4.04. The lowest BCUT2D eigenvalue weighted by molar-refractivity contribution is 0.607. The molecular weight excluding hydrogens is 309 g/mol. The van der Waals surface area contributed by atoms with E-state index in [-0.39, 0.29) is 5.82 Å². The molecule has 19 heavy (non-hydrogen) atoms. The molecule has 0 saturated heterocycles. The van der Waals surface area contributed by atoms with Crippen molar-refractivity contribution in [1.82, 2.24) is 4.98 Å². The Morgan fingerprint density at radius 2 is 2.11 bits per heavy atom. The van der Waals surface area contributed by atoms with Crippen LogP contribution in [-0.4, -0.2) is 12.0 Å². The average Bonchev–Trinajstić information content (AvgIpc) is 2.37. The third-order valence-electron chi connectivity index (χ3n) is 2.94. The molecule has 100 valence electrons. The van der Waals surface area contributed by atoms with Crippen LogP contribution < -0.4 is 10.6 Å². The van der Waals surface area contributed by atoms with Crippen LogP contribution in [-0.2, 0) is 6.54 Å². The Balaban J connectivity index is 2.22. The number of nitrogen functional groups attached to an aromatic ring is 1. The van der Waals surface area contributed by atoms with Crippen LogP contribution in [0.5, 0.6) is 0 Å². The smallest absolute Gasteiger partial charge is 0.128 e. The zero-order valence-electron chi connectivity index (χ0n) is 10.8. The van der Waals surface area contributed by atoms with Gasteiger partial charge in [0.2, 0.25) is 0 Å². The Labute approximate surface area is 120 Å². The Morgan fingerprint density at radius 1 is 1.37 bits per heavy atom. The van der Waals surface area contributed by atoms with Gasteiger partial charge in [-0.15, -0.1) is 0 Å². The molecule has 1 heterocycles. The zero-order valence-corrected chi connectivity index (χ0v) is 12.4. The number of anilines is 2. The number of benzene rings is 1. The number of rotatable bonds is 3. The highest BCUT2D eigenvalue weighted by molar-refractivity contribution is 9.10. The molecule has 0 amide bonds. The normalized spacial score (nSPS) is 10.5. The van der Waals surface area contributed by atoms with Gasteiger partial charge in [-0.3, -0.25) is 0 Å². The van der Waals surface area contributed by atoms with E-state index >= 15 is 0 Å². The van der Waals surface area contributed by atoms with Gasteiger partial charge in [-0.1, -0.05) is 15.9 Å². The van der Waals surface area contributed by atoms with Crippen molar-refractivity contribution in [3.05, 3.63) is 51.9 Å². The van der Waals surface area contributed by atoms with Crippen molar-refractivity contribution in [2.24, 2.45) is 0 Å². The molecule has 1 aromatic heterocycles. The van der Waals surface area contributed by atoms with Gasteiger partial charge in [0, 0.05) is 23.6 Å². The summed E-state index contributed by atoms with van der Waals surface area (Å²) in [6.45, 7) is 2.37. The van der Waals surface area contributed by atoms with Gasteiger partial charge in [-0.25, -0.2) is 9.37 Å². The lowest BCUT2D eigenvalue weighted by atomic mass is 10.2. The lowest BCUT2D eigenvalue weighted by Gasteiger charge is -2.19. The number of aromatic nitrogens is 1. The van der Waals surface area contributed by atoms with Gasteiger partial charge < -0.3 is 10.6 Å². The molecule has 0 aliphatic carbocycles. The Morgan fingerprint density at radius 3 is 2.79 bits per heavy atom. The van der Waals surface area contributed by atoms with Crippen molar-refractivity contribution < 1.29 is 4.39 Å². The van der Waals surface area contributed by atoms with E-state index in [0.717, 1.165) is 15.9 Å². The second-order valence-electron chi connectivity index (χ2n) is 4.49. The molecule has 0 bridgehead atoms. The largest absolute Gasteiger partial charge is 0.397 e. The minimum Gasteiger partial charge on any atom is -0.397 e. The van der Waals surface area contributed by atoms with Crippen LogP contribution in [0.2, 0.25) is 0 Å². The summed E-state index contributed by atoms with van der Waals surface area (Å²) in [6.07, 6.45) is 1.62. The Bertz CT molecular complexity index is 601. The molecule has 0 spiro atoms. The summed E-state index contributed by atoms with van der Waals surface area (Å²) >= 11 is 3.35. The first-order valence-corrected chi connectivity index (χ1v) is 6.64. The topological polar surface area (TPSA) is 42.2 Å². The van der Waals surface area contributed by atoms with E-state index < -0.39 is 0 Å². The van der Waals surface area contributed by atoms with E-state index in [4.69, 9.17) is 5.73 Å². The quantitative estimate of drug-likeness (QED) is 0.939. The number of hydrogen-bond acceptors (Lipinski definition) is 3. The number of nitrogens with zero attached hydrogens (tertiary/aromatic N) is 2. The van der Waals surface area contributed by atoms with Crippen LogP contribution in [0.4, 0.5) is 15.9 Å². The number of halogens is 2. The van der Waals surface area contributed by atoms with Crippen molar-refractivity contribution in [1.29, 1.82) is 0 Å². The fraction of sp³-hybridized carbons (Fsp3) is 0.214. The van der Waals surface area contributed by atoms with Crippen molar-refractivity contribution in [3.63, 3.8) is 0 Å². The van der Waals surface area contributed by atoms with Crippen LogP contribution >= 0.6 is 15.9 Å². The summed E-state index contributed by atoms with van der Waals surface area (Å²) in [4.78, 5) is 6.14. The van der Waals surface area contributed by atoms with Gasteiger partial charge in [0.25, 0.3) is 0 Å². The third-order valence-corrected chi connectivity index (χ3v) is 3.44. The van der Waals surface area contributed by atoms with Crippen LogP contribution in [0.15, 0.2) is 34.9 Å². The number of hydrogen-bond donors (Lipinski definition) is 1. The zero-order chi connectivity index (χ0) is 14.0. The van der Waals surface area contributed by atoms with Gasteiger partial charge in [0.15, 0.2) is 0 Å². The molecule has 2 rings (SSSR count). The van der Waals surface area contributed by atoms with E-state index in [1.54, 1.807) is 18.3 Å². The molecule has 2 N–H and O–H groups in total. The summed E-state index contributed by atoms with van der Waals surface area (Å²) in [5.41, 5.74) is 7.98. The average molecular weight is 324 g/mol. The fourth-order valence-corrected chi connectivity index (χ4v) is 2.17. The van der Waals surface area contributed by atoms with E-state index in [2.05, 4.69) is 20.9 Å². The highest BCUT2D eigenvalue weighted by Crippen LogP contribution is 2.21. The summed E-state index contributed by atoms with van der Waals surface area (Å²) in [6, 6.07) is 6.81. The van der Waals surface area contributed by atoms with Gasteiger partial charge in [0.1, 0.15) is 11.6 Å². The van der Waals surface area contributed by atoms with Gasteiger partial charge in [-0.2, -0.15) is 0 Å². The van der Waals surface area contributed by atoms with E-state index in [9.17, 15) is 4.39 Å². The first-order valence-electron chi connectivity index (χ1n) is 5.84. The summed E-state index contributed by atoms with van der Waals surface area (Å²) in [5.74, 6) is 0.549. The maximum atomic E-state index is 13.7. The van der Waals surface area contributed by atoms with Crippen molar-refractivity contribution in [2.75, 3.05) is 17.7 Å². The van der Waals surface area contributed by atoms with E-state index in [1.165, 1.54) is 6.07 Å². The number of aryl methyl sites for hydroxylation is 1. The number of nitrogens with two attached hydrogens (primary N) is 1. The van der Waals surface area contributed by atoms with Gasteiger partial charge >= 0.3 is 0 Å². The highest BCUT2D eigenvalue weighted by Gasteiger charge is 2.09. The molecule has 3 nitrogen and oxygen atoms in total. The minimum absolute atomic E-state index is 0.220. The lowest BCUT2D eigenvalue weighted by Crippen LogP contribution is -2.18. The summed E-state index contributed by atoms with van der Waals surface area (Å²) < 4.78 is 14.6. The predicted octanol–water partition coefficient (Wildman–Crippen LogP) is 3.51. The molecule has 0 saturated carbocycles. The monoisotopic (exact) mass is 323 g/mol. The van der Waals surface area contributed by atoms with Crippen molar-refractivity contribution >= 4 is 27.4 Å². The first-order chi connectivity index (χ1) is 8.97.